The van der Waals surface area contributed by atoms with E-state index in [9.17, 15) is 9.18 Å². The number of amides is 1. The Kier molecular flexibility index (Phi) is 5.10. The first-order chi connectivity index (χ1) is 10.6. The van der Waals surface area contributed by atoms with Gasteiger partial charge in [-0.1, -0.05) is 12.1 Å². The predicted octanol–water partition coefficient (Wildman–Crippen LogP) is 2.70. The number of halogens is 1. The van der Waals surface area contributed by atoms with E-state index in [-0.39, 0.29) is 18.3 Å². The fourth-order valence-electron chi connectivity index (χ4n) is 1.84. The second-order valence-electron chi connectivity index (χ2n) is 4.79. The van der Waals surface area contributed by atoms with Gasteiger partial charge >= 0.3 is 0 Å². The summed E-state index contributed by atoms with van der Waals surface area (Å²) in [4.78, 5) is 11.7. The molecule has 0 saturated heterocycles. The van der Waals surface area contributed by atoms with Gasteiger partial charge in [-0.25, -0.2) is 4.39 Å². The fourth-order valence-corrected chi connectivity index (χ4v) is 1.84. The highest BCUT2D eigenvalue weighted by atomic mass is 19.1. The van der Waals surface area contributed by atoms with Gasteiger partial charge < -0.3 is 10.1 Å². The molecule has 4 nitrogen and oxygen atoms in total. The highest BCUT2D eigenvalue weighted by Crippen LogP contribution is 2.11. The molecule has 0 atom stereocenters. The summed E-state index contributed by atoms with van der Waals surface area (Å²) in [5, 5.41) is 11.4. The van der Waals surface area contributed by atoms with Crippen LogP contribution >= 0.6 is 0 Å². The van der Waals surface area contributed by atoms with Gasteiger partial charge in [0.25, 0.3) is 5.91 Å². The monoisotopic (exact) mass is 298 g/mol. The van der Waals surface area contributed by atoms with Gasteiger partial charge in [0, 0.05) is 6.54 Å². The molecule has 0 aliphatic rings. The van der Waals surface area contributed by atoms with E-state index in [1.807, 2.05) is 6.07 Å². The molecule has 0 spiro atoms. The molecule has 0 radical (unpaired) electrons. The Labute approximate surface area is 128 Å². The van der Waals surface area contributed by atoms with Crippen LogP contribution in [0.2, 0.25) is 0 Å². The SMILES string of the molecule is Cc1cc(CNC(=O)COc2ccc(C#N)cc2)ccc1F. The predicted molar refractivity (Wildman–Crippen MR) is 79.6 cm³/mol. The second-order valence-corrected chi connectivity index (χ2v) is 4.79. The molecule has 0 aromatic heterocycles. The number of hydrogen-bond acceptors (Lipinski definition) is 3. The Balaban J connectivity index is 1.80. The number of nitriles is 1. The molecule has 2 rings (SSSR count). The van der Waals surface area contributed by atoms with Crippen molar-refractivity contribution in [2.75, 3.05) is 6.61 Å². The summed E-state index contributed by atoms with van der Waals surface area (Å²) in [6, 6.07) is 13.2. The summed E-state index contributed by atoms with van der Waals surface area (Å²) in [7, 11) is 0. The average Bonchev–Trinajstić information content (AvgIpc) is 2.54. The van der Waals surface area contributed by atoms with Crippen LogP contribution in [0.1, 0.15) is 16.7 Å². The van der Waals surface area contributed by atoms with Crippen LogP contribution in [0.5, 0.6) is 5.75 Å². The van der Waals surface area contributed by atoms with E-state index < -0.39 is 0 Å². The van der Waals surface area contributed by atoms with Crippen molar-refractivity contribution in [2.24, 2.45) is 0 Å². The number of carbonyl (C=O) groups excluding carboxylic acids is 1. The molecule has 0 aliphatic heterocycles. The van der Waals surface area contributed by atoms with Gasteiger partial charge in [-0.3, -0.25) is 4.79 Å². The van der Waals surface area contributed by atoms with Crippen LogP contribution in [-0.2, 0) is 11.3 Å². The maximum atomic E-state index is 13.1. The van der Waals surface area contributed by atoms with Gasteiger partial charge in [-0.05, 0) is 48.4 Å². The zero-order valence-electron chi connectivity index (χ0n) is 12.1. The normalized spacial score (nSPS) is 9.86. The largest absolute Gasteiger partial charge is 0.484 e. The first-order valence-electron chi connectivity index (χ1n) is 6.73. The van der Waals surface area contributed by atoms with E-state index in [0.29, 0.717) is 23.4 Å². The third kappa shape index (κ3) is 4.32. The number of ether oxygens (including phenoxy) is 1. The first kappa shape index (κ1) is 15.5. The lowest BCUT2D eigenvalue weighted by molar-refractivity contribution is -0.123. The topological polar surface area (TPSA) is 62.1 Å². The summed E-state index contributed by atoms with van der Waals surface area (Å²) in [5.74, 6) is -0.0164. The van der Waals surface area contributed by atoms with Crippen molar-refractivity contribution < 1.29 is 13.9 Å². The number of carbonyl (C=O) groups is 1. The molecule has 112 valence electrons. The van der Waals surface area contributed by atoms with Gasteiger partial charge in [-0.2, -0.15) is 5.26 Å². The molecule has 0 bridgehead atoms. The van der Waals surface area contributed by atoms with E-state index in [4.69, 9.17) is 10.00 Å². The minimum atomic E-state index is -0.272. The zero-order chi connectivity index (χ0) is 15.9. The number of benzene rings is 2. The van der Waals surface area contributed by atoms with E-state index in [1.165, 1.54) is 6.07 Å². The van der Waals surface area contributed by atoms with Crippen molar-refractivity contribution in [3.05, 3.63) is 65.0 Å². The summed E-state index contributed by atoms with van der Waals surface area (Å²) < 4.78 is 18.4. The summed E-state index contributed by atoms with van der Waals surface area (Å²) in [5.41, 5.74) is 1.90. The molecule has 0 aliphatic carbocycles. The van der Waals surface area contributed by atoms with E-state index in [1.54, 1.807) is 43.3 Å². The highest BCUT2D eigenvalue weighted by Gasteiger charge is 2.04. The molecular formula is C17H15FN2O2. The van der Waals surface area contributed by atoms with E-state index in [2.05, 4.69) is 5.32 Å². The van der Waals surface area contributed by atoms with Gasteiger partial charge in [0.15, 0.2) is 6.61 Å². The number of rotatable bonds is 5. The quantitative estimate of drug-likeness (QED) is 0.923. The minimum absolute atomic E-state index is 0.119. The van der Waals surface area contributed by atoms with Gasteiger partial charge in [-0.15, -0.1) is 0 Å². The lowest BCUT2D eigenvalue weighted by atomic mass is 10.1. The summed E-state index contributed by atoms with van der Waals surface area (Å²) in [6.07, 6.45) is 0. The first-order valence-corrected chi connectivity index (χ1v) is 6.73. The van der Waals surface area contributed by atoms with Crippen molar-refractivity contribution in [1.29, 1.82) is 5.26 Å². The third-order valence-corrected chi connectivity index (χ3v) is 3.07. The van der Waals surface area contributed by atoms with Crippen LogP contribution in [0, 0.1) is 24.1 Å². The van der Waals surface area contributed by atoms with Crippen LogP contribution < -0.4 is 10.1 Å². The highest BCUT2D eigenvalue weighted by molar-refractivity contribution is 5.77. The maximum absolute atomic E-state index is 13.1. The molecule has 5 heteroatoms. The van der Waals surface area contributed by atoms with E-state index >= 15 is 0 Å². The molecule has 0 unspecified atom stereocenters. The van der Waals surface area contributed by atoms with Crippen molar-refractivity contribution in [3.8, 4) is 11.8 Å². The average molecular weight is 298 g/mol. The third-order valence-electron chi connectivity index (χ3n) is 3.07. The molecule has 2 aromatic rings. The molecule has 2 aromatic carbocycles. The zero-order valence-corrected chi connectivity index (χ0v) is 12.1. The summed E-state index contributed by atoms with van der Waals surface area (Å²) >= 11 is 0. The van der Waals surface area contributed by atoms with Crippen LogP contribution in [-0.4, -0.2) is 12.5 Å². The molecule has 1 N–H and O–H groups in total. The second kappa shape index (κ2) is 7.23. The van der Waals surface area contributed by atoms with Crippen LogP contribution in [0.15, 0.2) is 42.5 Å². The van der Waals surface area contributed by atoms with Crippen LogP contribution in [0.4, 0.5) is 4.39 Å². The number of nitrogens with zero attached hydrogens (tertiary/aromatic N) is 1. The fraction of sp³-hybridized carbons (Fsp3) is 0.176. The minimum Gasteiger partial charge on any atom is -0.484 e. The molecule has 0 saturated carbocycles. The van der Waals surface area contributed by atoms with Crippen LogP contribution in [0.3, 0.4) is 0 Å². The number of aryl methyl sites for hydroxylation is 1. The van der Waals surface area contributed by atoms with Crippen molar-refractivity contribution in [2.45, 2.75) is 13.5 Å². The standard InChI is InChI=1S/C17H15FN2O2/c1-12-8-14(4-7-16(12)18)10-20-17(21)11-22-15-5-2-13(9-19)3-6-15/h2-8H,10-11H2,1H3,(H,20,21). The van der Waals surface area contributed by atoms with Gasteiger partial charge in [0.1, 0.15) is 11.6 Å². The lowest BCUT2D eigenvalue weighted by Gasteiger charge is -2.08. The Morgan fingerprint density at radius 2 is 2.00 bits per heavy atom. The van der Waals surface area contributed by atoms with Crippen molar-refractivity contribution in [3.63, 3.8) is 0 Å². The maximum Gasteiger partial charge on any atom is 0.258 e. The number of nitrogens with one attached hydrogen (secondary N) is 1. The Morgan fingerprint density at radius 3 is 2.64 bits per heavy atom. The number of hydrogen-bond donors (Lipinski definition) is 1. The van der Waals surface area contributed by atoms with E-state index in [0.717, 1.165) is 5.56 Å². The Morgan fingerprint density at radius 1 is 1.27 bits per heavy atom. The Hall–Kier alpha value is -2.87. The molecule has 0 fully saturated rings. The summed E-state index contributed by atoms with van der Waals surface area (Å²) in [6.45, 7) is 1.87. The molecule has 0 heterocycles. The molecule has 1 amide bonds. The van der Waals surface area contributed by atoms with Crippen molar-refractivity contribution in [1.82, 2.24) is 5.32 Å². The lowest BCUT2D eigenvalue weighted by Crippen LogP contribution is -2.28. The molecule has 22 heavy (non-hydrogen) atoms. The Bertz CT molecular complexity index is 706. The van der Waals surface area contributed by atoms with Crippen molar-refractivity contribution >= 4 is 5.91 Å². The van der Waals surface area contributed by atoms with Crippen LogP contribution in [0.25, 0.3) is 0 Å². The van der Waals surface area contributed by atoms with Gasteiger partial charge in [0.2, 0.25) is 0 Å². The smallest absolute Gasteiger partial charge is 0.258 e. The van der Waals surface area contributed by atoms with Gasteiger partial charge in [0.05, 0.1) is 11.6 Å². The molecular weight excluding hydrogens is 283 g/mol.